The maximum atomic E-state index is 11.9. The summed E-state index contributed by atoms with van der Waals surface area (Å²) in [7, 11) is 0. The van der Waals surface area contributed by atoms with E-state index in [-0.39, 0.29) is 5.91 Å². The molecule has 1 aliphatic rings. The Hall–Kier alpha value is -3.14. The lowest BCUT2D eigenvalue weighted by atomic mass is 10.1. The van der Waals surface area contributed by atoms with Crippen LogP contribution < -0.4 is 5.32 Å². The molecule has 2 aromatic heterocycles. The molecule has 0 radical (unpaired) electrons. The Labute approximate surface area is 140 Å². The maximum Gasteiger partial charge on any atom is 0.268 e. The lowest BCUT2D eigenvalue weighted by molar-refractivity contribution is 0.0941. The van der Waals surface area contributed by atoms with Crippen LogP contribution in [-0.4, -0.2) is 22.4 Å². The van der Waals surface area contributed by atoms with Gasteiger partial charge in [0.25, 0.3) is 5.91 Å². The number of nitrogens with one attached hydrogen (secondary N) is 2. The number of carbonyl (C=O) groups is 1. The molecule has 3 heterocycles. The molecule has 0 bridgehead atoms. The molecule has 0 atom stereocenters. The molecule has 0 saturated carbocycles. The number of pyridine rings is 1. The van der Waals surface area contributed by atoms with Crippen LogP contribution in [0.2, 0.25) is 0 Å². The minimum absolute atomic E-state index is 0.0271. The number of H-pyrrole nitrogens is 1. The van der Waals surface area contributed by atoms with Gasteiger partial charge >= 0.3 is 0 Å². The number of rotatable bonds is 3. The van der Waals surface area contributed by atoms with Gasteiger partial charge in [0.2, 0.25) is 0 Å². The van der Waals surface area contributed by atoms with Crippen LogP contribution in [0.5, 0.6) is 0 Å². The van der Waals surface area contributed by atoms with E-state index in [9.17, 15) is 4.79 Å². The largest absolute Gasteiger partial charge is 0.350 e. The lowest BCUT2D eigenvalue weighted by Gasteiger charge is -2.10. The van der Waals surface area contributed by atoms with Gasteiger partial charge in [-0.25, -0.2) is 0 Å². The van der Waals surface area contributed by atoms with Gasteiger partial charge in [0.05, 0.1) is 5.69 Å². The van der Waals surface area contributed by atoms with E-state index in [1.165, 1.54) is 0 Å². The monoisotopic (exact) mass is 315 g/mol. The van der Waals surface area contributed by atoms with Crippen LogP contribution in [0.15, 0.2) is 54.7 Å². The minimum Gasteiger partial charge on any atom is -0.350 e. The molecule has 2 N–H and O–H groups in total. The van der Waals surface area contributed by atoms with E-state index in [0.29, 0.717) is 12.2 Å². The Morgan fingerprint density at radius 3 is 2.75 bits per heavy atom. The van der Waals surface area contributed by atoms with Crippen molar-refractivity contribution in [3.8, 4) is 11.3 Å². The van der Waals surface area contributed by atoms with E-state index >= 15 is 0 Å². The summed E-state index contributed by atoms with van der Waals surface area (Å²) in [4.78, 5) is 19.5. The summed E-state index contributed by atoms with van der Waals surface area (Å²) in [6, 6.07) is 16.2. The third-order valence-corrected chi connectivity index (χ3v) is 4.14. The summed E-state index contributed by atoms with van der Waals surface area (Å²) >= 11 is 0. The molecule has 3 aromatic rings. The van der Waals surface area contributed by atoms with Crippen molar-refractivity contribution >= 4 is 18.1 Å². The van der Waals surface area contributed by atoms with Gasteiger partial charge in [-0.15, -0.1) is 0 Å². The third kappa shape index (κ3) is 2.86. The van der Waals surface area contributed by atoms with Crippen molar-refractivity contribution in [2.45, 2.75) is 6.42 Å². The molecule has 0 aliphatic carbocycles. The number of nitrogens with zero attached hydrogens (tertiary/aromatic N) is 1. The molecule has 0 spiro atoms. The van der Waals surface area contributed by atoms with Crippen LogP contribution in [0.25, 0.3) is 23.4 Å². The zero-order chi connectivity index (χ0) is 16.4. The summed E-state index contributed by atoms with van der Waals surface area (Å²) in [6.07, 6.45) is 6.69. The van der Waals surface area contributed by atoms with Crippen LogP contribution in [0.1, 0.15) is 27.3 Å². The average Bonchev–Trinajstić information content (AvgIpc) is 3.07. The van der Waals surface area contributed by atoms with Crippen molar-refractivity contribution in [1.82, 2.24) is 15.3 Å². The second-order valence-corrected chi connectivity index (χ2v) is 5.80. The average molecular weight is 315 g/mol. The quantitative estimate of drug-likeness (QED) is 0.777. The highest BCUT2D eigenvalue weighted by Gasteiger charge is 2.19. The number of carbonyl (C=O) groups excluding carboxylic acids is 1. The van der Waals surface area contributed by atoms with Crippen molar-refractivity contribution in [2.24, 2.45) is 0 Å². The second kappa shape index (κ2) is 6.16. The van der Waals surface area contributed by atoms with E-state index in [1.807, 2.05) is 42.5 Å². The van der Waals surface area contributed by atoms with Gasteiger partial charge in [0, 0.05) is 24.0 Å². The standard InChI is InChI=1S/C20H17N3O/c24-20-19-16(9-11-22-20)13-18(23-19)15-8-10-21-17(12-15)7-6-14-4-2-1-3-5-14/h1-8,10,12-13,23H,9,11H2,(H,22,24)/b7-6+. The fraction of sp³-hybridized carbons (Fsp3) is 0.100. The van der Waals surface area contributed by atoms with Crippen molar-refractivity contribution in [3.63, 3.8) is 0 Å². The van der Waals surface area contributed by atoms with Crippen molar-refractivity contribution < 1.29 is 4.79 Å². The fourth-order valence-electron chi connectivity index (χ4n) is 2.90. The normalized spacial score (nSPS) is 13.8. The molecule has 24 heavy (non-hydrogen) atoms. The first kappa shape index (κ1) is 14.5. The van der Waals surface area contributed by atoms with E-state index in [1.54, 1.807) is 6.20 Å². The topological polar surface area (TPSA) is 57.8 Å². The zero-order valence-corrected chi connectivity index (χ0v) is 13.1. The Kier molecular flexibility index (Phi) is 3.71. The molecule has 0 fully saturated rings. The highest BCUT2D eigenvalue weighted by Crippen LogP contribution is 2.24. The van der Waals surface area contributed by atoms with Crippen LogP contribution >= 0.6 is 0 Å². The van der Waals surface area contributed by atoms with Gasteiger partial charge in [-0.05, 0) is 41.8 Å². The second-order valence-electron chi connectivity index (χ2n) is 5.80. The Morgan fingerprint density at radius 2 is 1.92 bits per heavy atom. The number of aromatic amines is 1. The highest BCUT2D eigenvalue weighted by atomic mass is 16.1. The molecule has 1 aromatic carbocycles. The molecule has 1 amide bonds. The summed E-state index contributed by atoms with van der Waals surface area (Å²) in [5.74, 6) is -0.0271. The molecule has 1 aliphatic heterocycles. The van der Waals surface area contributed by atoms with Gasteiger partial charge in [0.15, 0.2) is 0 Å². The fourth-order valence-corrected chi connectivity index (χ4v) is 2.90. The van der Waals surface area contributed by atoms with Gasteiger partial charge in [0.1, 0.15) is 5.69 Å². The Balaban J connectivity index is 1.63. The summed E-state index contributed by atoms with van der Waals surface area (Å²) < 4.78 is 0. The zero-order valence-electron chi connectivity index (χ0n) is 13.1. The number of benzene rings is 1. The predicted molar refractivity (Wildman–Crippen MR) is 95.4 cm³/mol. The van der Waals surface area contributed by atoms with Crippen LogP contribution in [-0.2, 0) is 6.42 Å². The number of amides is 1. The summed E-state index contributed by atoms with van der Waals surface area (Å²) in [5.41, 5.74) is 5.75. The number of aromatic nitrogens is 2. The molecule has 4 nitrogen and oxygen atoms in total. The Bertz CT molecular complexity index is 910. The van der Waals surface area contributed by atoms with Crippen LogP contribution in [0.4, 0.5) is 0 Å². The molecule has 4 rings (SSSR count). The number of hydrogen-bond donors (Lipinski definition) is 2. The summed E-state index contributed by atoms with van der Waals surface area (Å²) in [5, 5.41) is 2.86. The molecule has 0 saturated heterocycles. The first-order valence-electron chi connectivity index (χ1n) is 7.99. The van der Waals surface area contributed by atoms with Crippen molar-refractivity contribution in [3.05, 3.63) is 77.2 Å². The Morgan fingerprint density at radius 1 is 1.04 bits per heavy atom. The first-order chi connectivity index (χ1) is 11.8. The van der Waals surface area contributed by atoms with E-state index in [2.05, 4.69) is 33.5 Å². The predicted octanol–water partition coefficient (Wildman–Crippen LogP) is 3.53. The van der Waals surface area contributed by atoms with E-state index in [4.69, 9.17) is 0 Å². The van der Waals surface area contributed by atoms with Gasteiger partial charge in [-0.3, -0.25) is 9.78 Å². The van der Waals surface area contributed by atoms with E-state index in [0.717, 1.165) is 34.5 Å². The van der Waals surface area contributed by atoms with Gasteiger partial charge < -0.3 is 10.3 Å². The minimum atomic E-state index is -0.0271. The van der Waals surface area contributed by atoms with Gasteiger partial charge in [-0.2, -0.15) is 0 Å². The van der Waals surface area contributed by atoms with E-state index < -0.39 is 0 Å². The summed E-state index contributed by atoms with van der Waals surface area (Å²) in [6.45, 7) is 0.699. The highest BCUT2D eigenvalue weighted by molar-refractivity contribution is 5.96. The first-order valence-corrected chi connectivity index (χ1v) is 7.99. The molecular weight excluding hydrogens is 298 g/mol. The molecule has 4 heteroatoms. The van der Waals surface area contributed by atoms with Gasteiger partial charge in [-0.1, -0.05) is 36.4 Å². The molecule has 118 valence electrons. The maximum absolute atomic E-state index is 11.9. The van der Waals surface area contributed by atoms with Crippen molar-refractivity contribution in [2.75, 3.05) is 6.54 Å². The van der Waals surface area contributed by atoms with Crippen LogP contribution in [0, 0.1) is 0 Å². The third-order valence-electron chi connectivity index (χ3n) is 4.14. The molecular formula is C20H17N3O. The lowest BCUT2D eigenvalue weighted by Crippen LogP contribution is -2.31. The van der Waals surface area contributed by atoms with Crippen LogP contribution in [0.3, 0.4) is 0 Å². The number of fused-ring (bicyclic) bond motifs is 1. The molecule has 0 unspecified atom stereocenters. The van der Waals surface area contributed by atoms with Crippen molar-refractivity contribution in [1.29, 1.82) is 0 Å². The smallest absolute Gasteiger partial charge is 0.268 e. The SMILES string of the molecule is O=C1NCCc2cc(-c3ccnc(/C=C/c4ccccc4)c3)[nH]c21. The number of hydrogen-bond acceptors (Lipinski definition) is 2.